The molecule has 1 N–H and O–H groups in total. The highest BCUT2D eigenvalue weighted by molar-refractivity contribution is 9.10. The van der Waals surface area contributed by atoms with Crippen molar-refractivity contribution in [2.75, 3.05) is 5.75 Å². The van der Waals surface area contributed by atoms with Crippen molar-refractivity contribution in [2.24, 2.45) is 0 Å². The van der Waals surface area contributed by atoms with Gasteiger partial charge >= 0.3 is 0 Å². The quantitative estimate of drug-likeness (QED) is 0.314. The van der Waals surface area contributed by atoms with Crippen molar-refractivity contribution in [3.8, 4) is 11.4 Å². The van der Waals surface area contributed by atoms with Crippen LogP contribution in [-0.2, 0) is 6.54 Å². The highest BCUT2D eigenvalue weighted by Gasteiger charge is 2.18. The maximum Gasteiger partial charge on any atom is 0.192 e. The van der Waals surface area contributed by atoms with Gasteiger partial charge in [-0.2, -0.15) is 0 Å². The van der Waals surface area contributed by atoms with Gasteiger partial charge in [-0.15, -0.1) is 10.2 Å². The third-order valence-corrected chi connectivity index (χ3v) is 5.90. The van der Waals surface area contributed by atoms with E-state index in [9.17, 15) is 4.79 Å². The summed E-state index contributed by atoms with van der Waals surface area (Å²) >= 11 is 5.00. The largest absolute Gasteiger partial charge is 0.359 e. The average Bonchev–Trinajstić information content (AvgIpc) is 3.38. The lowest BCUT2D eigenvalue weighted by Crippen LogP contribution is -2.07. The molecule has 2 aromatic heterocycles. The van der Waals surface area contributed by atoms with Gasteiger partial charge in [-0.25, -0.2) is 0 Å². The van der Waals surface area contributed by atoms with Crippen molar-refractivity contribution in [1.82, 2.24) is 19.7 Å². The number of rotatable bonds is 7. The van der Waals surface area contributed by atoms with Crippen LogP contribution in [0.15, 0.2) is 82.6 Å². The van der Waals surface area contributed by atoms with Crippen molar-refractivity contribution in [3.05, 3.63) is 88.7 Å². The molecule has 0 aliphatic heterocycles. The van der Waals surface area contributed by atoms with E-state index in [4.69, 9.17) is 0 Å². The normalized spacial score (nSPS) is 10.9. The first-order valence-corrected chi connectivity index (χ1v) is 10.5. The number of H-pyrrole nitrogens is 1. The standard InChI is InChI=1S/C21H17BrN4OS/c22-17-10-5-4-9-16(17)20-24-25-21(26(20)13-15-7-2-1-3-8-15)28-14-19(27)18-11-6-12-23-18/h1-12,23H,13-14H2. The number of aromatic amines is 1. The second kappa shape index (κ2) is 8.58. The molecule has 0 saturated carbocycles. The summed E-state index contributed by atoms with van der Waals surface area (Å²) in [4.78, 5) is 15.3. The number of nitrogens with zero attached hydrogens (tertiary/aromatic N) is 3. The zero-order valence-electron chi connectivity index (χ0n) is 14.9. The molecule has 0 unspecified atom stereocenters. The molecular formula is C21H17BrN4OS. The van der Waals surface area contributed by atoms with Crippen LogP contribution in [0.25, 0.3) is 11.4 Å². The molecular weight excluding hydrogens is 436 g/mol. The maximum absolute atomic E-state index is 12.4. The third-order valence-electron chi connectivity index (χ3n) is 4.25. The van der Waals surface area contributed by atoms with Crippen molar-refractivity contribution < 1.29 is 4.79 Å². The Hall–Kier alpha value is -2.64. The fourth-order valence-corrected chi connectivity index (χ4v) is 4.14. The Labute approximate surface area is 175 Å². The number of Topliss-reactive ketones (excluding diaryl/α,β-unsaturated/α-hetero) is 1. The summed E-state index contributed by atoms with van der Waals surface area (Å²) in [5.41, 5.74) is 2.72. The predicted molar refractivity (Wildman–Crippen MR) is 115 cm³/mol. The lowest BCUT2D eigenvalue weighted by molar-refractivity contribution is 0.101. The fraction of sp³-hybridized carbons (Fsp3) is 0.0952. The Morgan fingerprint density at radius 1 is 1.00 bits per heavy atom. The highest BCUT2D eigenvalue weighted by atomic mass is 79.9. The molecule has 4 rings (SSSR count). The molecule has 0 saturated heterocycles. The summed E-state index contributed by atoms with van der Waals surface area (Å²) in [6.45, 7) is 0.629. The minimum atomic E-state index is 0.0340. The number of nitrogens with one attached hydrogen (secondary N) is 1. The van der Waals surface area contributed by atoms with E-state index in [-0.39, 0.29) is 5.78 Å². The molecule has 4 aromatic rings. The first kappa shape index (κ1) is 18.7. The second-order valence-corrected chi connectivity index (χ2v) is 7.95. The van der Waals surface area contributed by atoms with Gasteiger partial charge in [0.25, 0.3) is 0 Å². The van der Waals surface area contributed by atoms with E-state index < -0.39 is 0 Å². The summed E-state index contributed by atoms with van der Waals surface area (Å²) in [7, 11) is 0. The number of halogens is 1. The molecule has 2 aromatic carbocycles. The van der Waals surface area contributed by atoms with Gasteiger partial charge in [0.1, 0.15) is 0 Å². The van der Waals surface area contributed by atoms with Gasteiger partial charge < -0.3 is 4.98 Å². The topological polar surface area (TPSA) is 63.6 Å². The SMILES string of the molecule is O=C(CSc1nnc(-c2ccccc2Br)n1Cc1ccccc1)c1ccc[nH]1. The van der Waals surface area contributed by atoms with Crippen molar-refractivity contribution in [3.63, 3.8) is 0 Å². The van der Waals surface area contributed by atoms with Crippen LogP contribution in [0.5, 0.6) is 0 Å². The lowest BCUT2D eigenvalue weighted by atomic mass is 10.2. The summed E-state index contributed by atoms with van der Waals surface area (Å²) in [6.07, 6.45) is 1.75. The van der Waals surface area contributed by atoms with Gasteiger partial charge in [0.2, 0.25) is 0 Å². The van der Waals surface area contributed by atoms with E-state index in [1.165, 1.54) is 11.8 Å². The Bertz CT molecular complexity index is 1080. The lowest BCUT2D eigenvalue weighted by Gasteiger charge is -2.11. The molecule has 0 bridgehead atoms. The van der Waals surface area contributed by atoms with Crippen LogP contribution in [0, 0.1) is 0 Å². The van der Waals surface area contributed by atoms with Gasteiger partial charge in [0.05, 0.1) is 18.0 Å². The monoisotopic (exact) mass is 452 g/mol. The van der Waals surface area contributed by atoms with E-state index in [0.717, 1.165) is 26.6 Å². The molecule has 0 amide bonds. The van der Waals surface area contributed by atoms with Crippen LogP contribution in [-0.4, -0.2) is 31.3 Å². The predicted octanol–water partition coefficient (Wildman–Crippen LogP) is 5.06. The summed E-state index contributed by atoms with van der Waals surface area (Å²) in [5, 5.41) is 9.52. The summed E-state index contributed by atoms with van der Waals surface area (Å²) in [5.74, 6) is 1.10. The molecule has 140 valence electrons. The van der Waals surface area contributed by atoms with Crippen LogP contribution < -0.4 is 0 Å². The molecule has 0 radical (unpaired) electrons. The van der Waals surface area contributed by atoms with Crippen LogP contribution in [0.3, 0.4) is 0 Å². The molecule has 7 heteroatoms. The van der Waals surface area contributed by atoms with Gasteiger partial charge in [-0.1, -0.05) is 76.2 Å². The minimum Gasteiger partial charge on any atom is -0.359 e. The average molecular weight is 453 g/mol. The van der Waals surface area contributed by atoms with Gasteiger partial charge in [-0.3, -0.25) is 9.36 Å². The first-order chi connectivity index (χ1) is 13.7. The third kappa shape index (κ3) is 4.10. The summed E-state index contributed by atoms with van der Waals surface area (Å²) in [6, 6.07) is 21.7. The molecule has 2 heterocycles. The van der Waals surface area contributed by atoms with E-state index >= 15 is 0 Å². The van der Waals surface area contributed by atoms with Crippen molar-refractivity contribution in [1.29, 1.82) is 0 Å². The number of carbonyl (C=O) groups excluding carboxylic acids is 1. The fourth-order valence-electron chi connectivity index (χ4n) is 2.86. The van der Waals surface area contributed by atoms with Gasteiger partial charge in [0, 0.05) is 16.2 Å². The van der Waals surface area contributed by atoms with E-state index in [0.29, 0.717) is 18.0 Å². The van der Waals surface area contributed by atoms with Crippen LogP contribution in [0.1, 0.15) is 16.1 Å². The Kier molecular flexibility index (Phi) is 5.73. The summed E-state index contributed by atoms with van der Waals surface area (Å²) < 4.78 is 3.01. The molecule has 0 fully saturated rings. The second-order valence-electron chi connectivity index (χ2n) is 6.15. The smallest absolute Gasteiger partial charge is 0.192 e. The molecule has 0 aliphatic carbocycles. The van der Waals surface area contributed by atoms with Crippen molar-refractivity contribution >= 4 is 33.5 Å². The number of hydrogen-bond donors (Lipinski definition) is 1. The van der Waals surface area contributed by atoms with Crippen LogP contribution in [0.2, 0.25) is 0 Å². The van der Waals surface area contributed by atoms with E-state index in [2.05, 4.69) is 47.8 Å². The van der Waals surface area contributed by atoms with E-state index in [1.807, 2.05) is 48.5 Å². The first-order valence-electron chi connectivity index (χ1n) is 8.74. The molecule has 0 spiro atoms. The number of hydrogen-bond acceptors (Lipinski definition) is 4. The number of benzene rings is 2. The number of aromatic nitrogens is 4. The van der Waals surface area contributed by atoms with Gasteiger partial charge in [0.15, 0.2) is 16.8 Å². The van der Waals surface area contributed by atoms with E-state index in [1.54, 1.807) is 12.3 Å². The Morgan fingerprint density at radius 3 is 2.54 bits per heavy atom. The zero-order chi connectivity index (χ0) is 19.3. The van der Waals surface area contributed by atoms with Crippen LogP contribution in [0.4, 0.5) is 0 Å². The number of carbonyl (C=O) groups is 1. The van der Waals surface area contributed by atoms with Crippen molar-refractivity contribution in [2.45, 2.75) is 11.7 Å². The molecule has 28 heavy (non-hydrogen) atoms. The van der Waals surface area contributed by atoms with Crippen LogP contribution >= 0.6 is 27.7 Å². The number of ketones is 1. The molecule has 0 aliphatic rings. The highest BCUT2D eigenvalue weighted by Crippen LogP contribution is 2.30. The zero-order valence-corrected chi connectivity index (χ0v) is 17.3. The van der Waals surface area contributed by atoms with Gasteiger partial charge in [-0.05, 0) is 23.8 Å². The maximum atomic E-state index is 12.4. The molecule has 5 nitrogen and oxygen atoms in total. The Balaban J connectivity index is 1.66. The minimum absolute atomic E-state index is 0.0340. The number of thioether (sulfide) groups is 1. The Morgan fingerprint density at radius 2 is 1.79 bits per heavy atom. The molecule has 0 atom stereocenters.